The van der Waals surface area contributed by atoms with E-state index in [0.717, 1.165) is 12.3 Å². The number of aromatic nitrogens is 1. The van der Waals surface area contributed by atoms with E-state index in [0.29, 0.717) is 0 Å². The van der Waals surface area contributed by atoms with Crippen LogP contribution in [0.15, 0.2) is 36.5 Å². The Hall–Kier alpha value is -2.47. The summed E-state index contributed by atoms with van der Waals surface area (Å²) in [6.07, 6.45) is 0.916. The Labute approximate surface area is 118 Å². The molecule has 0 fully saturated rings. The second kappa shape index (κ2) is 5.66. The second-order valence-corrected chi connectivity index (χ2v) is 4.22. The maximum Gasteiger partial charge on any atom is 0.337 e. The average Bonchev–Trinajstić information content (AvgIpc) is 2.41. The molecule has 1 heterocycles. The molecule has 20 heavy (non-hydrogen) atoms. The SMILES string of the molecule is O=C(Nc1ccc(Cl)c(C(=O)O)c1)c1ccc(F)cn1. The van der Waals surface area contributed by atoms with Gasteiger partial charge in [0, 0.05) is 5.69 Å². The number of halogens is 2. The number of pyridine rings is 1. The van der Waals surface area contributed by atoms with Gasteiger partial charge in [0.1, 0.15) is 11.5 Å². The molecule has 7 heteroatoms. The van der Waals surface area contributed by atoms with Crippen LogP contribution in [0.4, 0.5) is 10.1 Å². The van der Waals surface area contributed by atoms with Gasteiger partial charge in [0.15, 0.2) is 0 Å². The Morgan fingerprint density at radius 2 is 2.00 bits per heavy atom. The summed E-state index contributed by atoms with van der Waals surface area (Å²) in [6, 6.07) is 6.37. The highest BCUT2D eigenvalue weighted by molar-refractivity contribution is 6.33. The number of carboxylic acid groups (broad SMARTS) is 1. The normalized spacial score (nSPS) is 10.1. The molecule has 0 saturated carbocycles. The minimum Gasteiger partial charge on any atom is -0.478 e. The number of nitrogens with zero attached hydrogens (tertiary/aromatic N) is 1. The molecule has 0 bridgehead atoms. The molecular weight excluding hydrogens is 287 g/mol. The highest BCUT2D eigenvalue weighted by Gasteiger charge is 2.12. The lowest BCUT2D eigenvalue weighted by molar-refractivity contribution is 0.0696. The molecule has 2 aromatic rings. The Morgan fingerprint density at radius 1 is 1.25 bits per heavy atom. The molecule has 0 aliphatic rings. The van der Waals surface area contributed by atoms with E-state index in [4.69, 9.17) is 16.7 Å². The van der Waals surface area contributed by atoms with Gasteiger partial charge in [-0.3, -0.25) is 4.79 Å². The fourth-order valence-electron chi connectivity index (χ4n) is 1.47. The van der Waals surface area contributed by atoms with Crippen molar-refractivity contribution in [1.82, 2.24) is 4.98 Å². The number of carbonyl (C=O) groups is 2. The molecule has 0 saturated heterocycles. The van der Waals surface area contributed by atoms with E-state index >= 15 is 0 Å². The summed E-state index contributed by atoms with van der Waals surface area (Å²) in [7, 11) is 0. The number of hydrogen-bond acceptors (Lipinski definition) is 3. The average molecular weight is 295 g/mol. The number of nitrogens with one attached hydrogen (secondary N) is 1. The third kappa shape index (κ3) is 3.10. The molecular formula is C13H8ClFN2O3. The van der Waals surface area contributed by atoms with Gasteiger partial charge in [0.2, 0.25) is 0 Å². The minimum atomic E-state index is -1.20. The molecule has 2 N–H and O–H groups in total. The van der Waals surface area contributed by atoms with Gasteiger partial charge in [-0.15, -0.1) is 0 Å². The van der Waals surface area contributed by atoms with Crippen molar-refractivity contribution in [2.24, 2.45) is 0 Å². The first-order chi connectivity index (χ1) is 9.47. The molecule has 102 valence electrons. The van der Waals surface area contributed by atoms with Crippen molar-refractivity contribution in [3.63, 3.8) is 0 Å². The van der Waals surface area contributed by atoms with Crippen molar-refractivity contribution in [3.05, 3.63) is 58.6 Å². The highest BCUT2D eigenvalue weighted by atomic mass is 35.5. The Morgan fingerprint density at radius 3 is 2.60 bits per heavy atom. The summed E-state index contributed by atoms with van der Waals surface area (Å²) >= 11 is 5.71. The number of carbonyl (C=O) groups excluding carboxylic acids is 1. The summed E-state index contributed by atoms with van der Waals surface area (Å²) in [5, 5.41) is 11.4. The van der Waals surface area contributed by atoms with E-state index in [1.165, 1.54) is 24.3 Å². The van der Waals surface area contributed by atoms with E-state index in [1.54, 1.807) is 0 Å². The topological polar surface area (TPSA) is 79.3 Å². The summed E-state index contributed by atoms with van der Waals surface area (Å²) in [4.78, 5) is 26.4. The maximum absolute atomic E-state index is 12.7. The predicted octanol–water partition coefficient (Wildman–Crippen LogP) is 2.82. The molecule has 0 radical (unpaired) electrons. The van der Waals surface area contributed by atoms with E-state index in [-0.39, 0.29) is 22.0 Å². The lowest BCUT2D eigenvalue weighted by atomic mass is 10.2. The van der Waals surface area contributed by atoms with Gasteiger partial charge in [0.25, 0.3) is 5.91 Å². The van der Waals surface area contributed by atoms with Crippen molar-refractivity contribution >= 4 is 29.2 Å². The number of rotatable bonds is 3. The number of benzene rings is 1. The summed E-state index contributed by atoms with van der Waals surface area (Å²) < 4.78 is 12.7. The molecule has 1 aromatic carbocycles. The first kappa shape index (κ1) is 14.0. The molecule has 0 spiro atoms. The lowest BCUT2D eigenvalue weighted by Gasteiger charge is -2.06. The van der Waals surface area contributed by atoms with Crippen LogP contribution in [0.5, 0.6) is 0 Å². The second-order valence-electron chi connectivity index (χ2n) is 3.82. The van der Waals surface area contributed by atoms with Gasteiger partial charge in [-0.1, -0.05) is 11.6 Å². The monoisotopic (exact) mass is 294 g/mol. The fourth-order valence-corrected chi connectivity index (χ4v) is 1.67. The van der Waals surface area contributed by atoms with Crippen LogP contribution >= 0.6 is 11.6 Å². The summed E-state index contributed by atoms with van der Waals surface area (Å²) in [5.41, 5.74) is 0.137. The maximum atomic E-state index is 12.7. The van der Waals surface area contributed by atoms with Crippen LogP contribution < -0.4 is 5.32 Å². The standard InChI is InChI=1S/C13H8ClFN2O3/c14-10-3-2-8(5-9(10)13(19)20)17-12(18)11-4-1-7(15)6-16-11/h1-6H,(H,17,18)(H,19,20). The predicted molar refractivity (Wildman–Crippen MR) is 70.6 cm³/mol. The van der Waals surface area contributed by atoms with Crippen molar-refractivity contribution in [3.8, 4) is 0 Å². The van der Waals surface area contributed by atoms with Gasteiger partial charge >= 0.3 is 5.97 Å². The first-order valence-electron chi connectivity index (χ1n) is 5.43. The van der Waals surface area contributed by atoms with Crippen LogP contribution in [0.25, 0.3) is 0 Å². The summed E-state index contributed by atoms with van der Waals surface area (Å²) in [6.45, 7) is 0. The molecule has 1 aromatic heterocycles. The third-order valence-corrected chi connectivity index (χ3v) is 2.74. The molecule has 0 aliphatic carbocycles. The Balaban J connectivity index is 2.21. The van der Waals surface area contributed by atoms with Crippen LogP contribution in [-0.2, 0) is 0 Å². The highest BCUT2D eigenvalue weighted by Crippen LogP contribution is 2.21. The van der Waals surface area contributed by atoms with E-state index in [2.05, 4.69) is 10.3 Å². The number of carboxylic acids is 1. The van der Waals surface area contributed by atoms with Crippen molar-refractivity contribution < 1.29 is 19.1 Å². The number of amides is 1. The number of anilines is 1. The van der Waals surface area contributed by atoms with E-state index in [1.807, 2.05) is 0 Å². The smallest absolute Gasteiger partial charge is 0.337 e. The quantitative estimate of drug-likeness (QED) is 0.912. The number of hydrogen-bond donors (Lipinski definition) is 2. The first-order valence-corrected chi connectivity index (χ1v) is 5.81. The van der Waals surface area contributed by atoms with Gasteiger partial charge in [-0.05, 0) is 30.3 Å². The van der Waals surface area contributed by atoms with Gasteiger partial charge in [-0.2, -0.15) is 0 Å². The zero-order chi connectivity index (χ0) is 14.7. The summed E-state index contributed by atoms with van der Waals surface area (Å²) in [5.74, 6) is -2.34. The zero-order valence-corrected chi connectivity index (χ0v) is 10.7. The van der Waals surface area contributed by atoms with Gasteiger partial charge < -0.3 is 10.4 Å². The van der Waals surface area contributed by atoms with Crippen LogP contribution in [0, 0.1) is 5.82 Å². The lowest BCUT2D eigenvalue weighted by Crippen LogP contribution is -2.14. The zero-order valence-electron chi connectivity index (χ0n) is 9.93. The number of aromatic carboxylic acids is 1. The van der Waals surface area contributed by atoms with Crippen molar-refractivity contribution in [2.45, 2.75) is 0 Å². The van der Waals surface area contributed by atoms with Crippen LogP contribution in [0.2, 0.25) is 5.02 Å². The molecule has 2 rings (SSSR count). The molecule has 0 unspecified atom stereocenters. The minimum absolute atomic E-state index is 0.0122. The molecule has 1 amide bonds. The molecule has 5 nitrogen and oxygen atoms in total. The van der Waals surface area contributed by atoms with E-state index < -0.39 is 17.7 Å². The Bertz CT molecular complexity index is 674. The fraction of sp³-hybridized carbons (Fsp3) is 0. The third-order valence-electron chi connectivity index (χ3n) is 2.41. The largest absolute Gasteiger partial charge is 0.478 e. The molecule has 0 aliphatic heterocycles. The van der Waals surface area contributed by atoms with Crippen molar-refractivity contribution in [1.29, 1.82) is 0 Å². The van der Waals surface area contributed by atoms with Gasteiger partial charge in [-0.25, -0.2) is 14.2 Å². The van der Waals surface area contributed by atoms with Crippen LogP contribution in [0.3, 0.4) is 0 Å². The van der Waals surface area contributed by atoms with Crippen LogP contribution in [-0.4, -0.2) is 22.0 Å². The van der Waals surface area contributed by atoms with E-state index in [9.17, 15) is 14.0 Å². The Kier molecular flexibility index (Phi) is 3.95. The van der Waals surface area contributed by atoms with Crippen LogP contribution in [0.1, 0.15) is 20.8 Å². The molecule has 0 atom stereocenters. The van der Waals surface area contributed by atoms with Crippen molar-refractivity contribution in [2.75, 3.05) is 5.32 Å². The van der Waals surface area contributed by atoms with Gasteiger partial charge in [0.05, 0.1) is 16.8 Å².